The van der Waals surface area contributed by atoms with Crippen LogP contribution in [0.1, 0.15) is 19.4 Å². The van der Waals surface area contributed by atoms with E-state index in [0.717, 1.165) is 17.8 Å². The third kappa shape index (κ3) is 3.56. The molecule has 1 aliphatic rings. The van der Waals surface area contributed by atoms with Gasteiger partial charge in [0.1, 0.15) is 0 Å². The lowest BCUT2D eigenvalue weighted by Crippen LogP contribution is -2.52. The van der Waals surface area contributed by atoms with Gasteiger partial charge in [0.15, 0.2) is 0 Å². The van der Waals surface area contributed by atoms with E-state index < -0.39 is 0 Å². The molecule has 0 bridgehead atoms. The van der Waals surface area contributed by atoms with Gasteiger partial charge in [0, 0.05) is 24.8 Å². The number of nitrogens with one attached hydrogen (secondary N) is 1. The molecule has 3 N–H and O–H groups in total. The summed E-state index contributed by atoms with van der Waals surface area (Å²) in [6, 6.07) is 7.73. The molecule has 110 valence electrons. The summed E-state index contributed by atoms with van der Waals surface area (Å²) in [5.41, 5.74) is 7.42. The van der Waals surface area contributed by atoms with Crippen molar-refractivity contribution in [2.75, 3.05) is 25.1 Å². The zero-order valence-corrected chi connectivity index (χ0v) is 12.1. The molecule has 5 nitrogen and oxygen atoms in total. The van der Waals surface area contributed by atoms with Crippen LogP contribution < -0.4 is 11.1 Å². The van der Waals surface area contributed by atoms with Crippen LogP contribution in [-0.4, -0.2) is 42.6 Å². The Labute approximate surface area is 120 Å². The van der Waals surface area contributed by atoms with Crippen LogP contribution in [0.3, 0.4) is 0 Å². The highest BCUT2D eigenvalue weighted by Gasteiger charge is 2.28. The zero-order valence-electron chi connectivity index (χ0n) is 12.1. The van der Waals surface area contributed by atoms with E-state index in [9.17, 15) is 4.79 Å². The first kappa shape index (κ1) is 15.0. The lowest BCUT2D eigenvalue weighted by atomic mass is 10.1. The van der Waals surface area contributed by atoms with Gasteiger partial charge < -0.3 is 15.8 Å². The molecule has 0 spiro atoms. The first-order valence-corrected chi connectivity index (χ1v) is 7.05. The van der Waals surface area contributed by atoms with Crippen LogP contribution in [0.2, 0.25) is 0 Å². The molecule has 1 aliphatic heterocycles. The van der Waals surface area contributed by atoms with Gasteiger partial charge in [-0.25, -0.2) is 0 Å². The molecule has 1 amide bonds. The first-order chi connectivity index (χ1) is 9.61. The molecule has 0 aromatic heterocycles. The van der Waals surface area contributed by atoms with Crippen molar-refractivity contribution in [2.24, 2.45) is 5.73 Å². The van der Waals surface area contributed by atoms with Crippen LogP contribution in [0.25, 0.3) is 0 Å². The van der Waals surface area contributed by atoms with Crippen molar-refractivity contribution in [3.8, 4) is 0 Å². The Hall–Kier alpha value is -1.43. The van der Waals surface area contributed by atoms with Crippen molar-refractivity contribution >= 4 is 11.6 Å². The molecule has 2 atom stereocenters. The van der Waals surface area contributed by atoms with Gasteiger partial charge >= 0.3 is 0 Å². The maximum absolute atomic E-state index is 12.3. The minimum absolute atomic E-state index is 0.0132. The van der Waals surface area contributed by atoms with E-state index in [1.54, 1.807) is 0 Å². The van der Waals surface area contributed by atoms with Crippen molar-refractivity contribution in [1.82, 2.24) is 4.90 Å². The van der Waals surface area contributed by atoms with Gasteiger partial charge in [0.05, 0.1) is 19.3 Å². The monoisotopic (exact) mass is 277 g/mol. The fourth-order valence-electron chi connectivity index (χ4n) is 2.44. The van der Waals surface area contributed by atoms with Crippen LogP contribution in [0.5, 0.6) is 0 Å². The predicted molar refractivity (Wildman–Crippen MR) is 79.4 cm³/mol. The van der Waals surface area contributed by atoms with Crippen molar-refractivity contribution in [3.63, 3.8) is 0 Å². The fourth-order valence-corrected chi connectivity index (χ4v) is 2.44. The molecule has 1 saturated heterocycles. The quantitative estimate of drug-likeness (QED) is 0.867. The second kappa shape index (κ2) is 6.83. The molecule has 0 aliphatic carbocycles. The normalized spacial score (nSPS) is 21.4. The van der Waals surface area contributed by atoms with E-state index in [1.165, 1.54) is 0 Å². The molecule has 5 heteroatoms. The van der Waals surface area contributed by atoms with Crippen molar-refractivity contribution in [1.29, 1.82) is 0 Å². The van der Waals surface area contributed by atoms with E-state index >= 15 is 0 Å². The molecule has 1 aromatic carbocycles. The van der Waals surface area contributed by atoms with Gasteiger partial charge in [-0.3, -0.25) is 9.69 Å². The number of rotatable bonds is 4. The van der Waals surface area contributed by atoms with Gasteiger partial charge in [-0.05, 0) is 31.5 Å². The summed E-state index contributed by atoms with van der Waals surface area (Å²) < 4.78 is 5.40. The van der Waals surface area contributed by atoms with E-state index in [-0.39, 0.29) is 18.0 Å². The Bertz CT molecular complexity index is 447. The maximum Gasteiger partial charge on any atom is 0.241 e. The highest BCUT2D eigenvalue weighted by Crippen LogP contribution is 2.14. The number of morpholine rings is 1. The van der Waals surface area contributed by atoms with Crippen molar-refractivity contribution < 1.29 is 9.53 Å². The Balaban J connectivity index is 1.95. The van der Waals surface area contributed by atoms with Crippen LogP contribution in [0.4, 0.5) is 5.69 Å². The van der Waals surface area contributed by atoms with E-state index in [4.69, 9.17) is 10.5 Å². The Morgan fingerprint density at radius 2 is 2.20 bits per heavy atom. The number of benzene rings is 1. The van der Waals surface area contributed by atoms with E-state index in [0.29, 0.717) is 19.8 Å². The van der Waals surface area contributed by atoms with Gasteiger partial charge in [-0.1, -0.05) is 12.1 Å². The lowest BCUT2D eigenvalue weighted by molar-refractivity contribution is -0.124. The van der Waals surface area contributed by atoms with Crippen LogP contribution in [-0.2, 0) is 16.1 Å². The summed E-state index contributed by atoms with van der Waals surface area (Å²) in [7, 11) is 0. The summed E-state index contributed by atoms with van der Waals surface area (Å²) in [6.45, 7) is 6.69. The molecule has 1 aromatic rings. The number of carbonyl (C=O) groups excluding carboxylic acids is 1. The molecular formula is C15H23N3O2. The molecular weight excluding hydrogens is 254 g/mol. The van der Waals surface area contributed by atoms with Crippen molar-refractivity contribution in [3.05, 3.63) is 29.8 Å². The van der Waals surface area contributed by atoms with E-state index in [1.807, 2.05) is 31.2 Å². The SMILES string of the molecule is CC1COCCN1C(C)C(=O)Nc1ccc(CN)cc1. The number of anilines is 1. The average Bonchev–Trinajstić information content (AvgIpc) is 2.48. The molecule has 2 rings (SSSR count). The van der Waals surface area contributed by atoms with Gasteiger partial charge in [-0.2, -0.15) is 0 Å². The Morgan fingerprint density at radius 3 is 2.80 bits per heavy atom. The number of carbonyl (C=O) groups is 1. The molecule has 0 saturated carbocycles. The van der Waals surface area contributed by atoms with Crippen LogP contribution in [0.15, 0.2) is 24.3 Å². The summed E-state index contributed by atoms with van der Waals surface area (Å²) in [5, 5.41) is 2.95. The molecule has 1 heterocycles. The Kier molecular flexibility index (Phi) is 5.11. The highest BCUT2D eigenvalue weighted by atomic mass is 16.5. The number of nitrogens with two attached hydrogens (primary N) is 1. The largest absolute Gasteiger partial charge is 0.379 e. The standard InChI is InChI=1S/C15H23N3O2/c1-11-10-20-8-7-18(11)12(2)15(19)17-14-5-3-13(9-16)4-6-14/h3-6,11-12H,7-10,16H2,1-2H3,(H,17,19). The fraction of sp³-hybridized carbons (Fsp3) is 0.533. The molecule has 2 unspecified atom stereocenters. The van der Waals surface area contributed by atoms with Crippen molar-refractivity contribution in [2.45, 2.75) is 32.5 Å². The molecule has 20 heavy (non-hydrogen) atoms. The number of amides is 1. The minimum Gasteiger partial charge on any atom is -0.379 e. The average molecular weight is 277 g/mol. The smallest absolute Gasteiger partial charge is 0.241 e. The number of nitrogens with zero attached hydrogens (tertiary/aromatic N) is 1. The summed E-state index contributed by atoms with van der Waals surface area (Å²) in [6.07, 6.45) is 0. The molecule has 0 radical (unpaired) electrons. The molecule has 1 fully saturated rings. The third-order valence-electron chi connectivity index (χ3n) is 3.75. The van der Waals surface area contributed by atoms with Crippen LogP contribution >= 0.6 is 0 Å². The van der Waals surface area contributed by atoms with Gasteiger partial charge in [0.2, 0.25) is 5.91 Å². The second-order valence-electron chi connectivity index (χ2n) is 5.23. The number of ether oxygens (including phenoxy) is 1. The second-order valence-corrected chi connectivity index (χ2v) is 5.23. The summed E-state index contributed by atoms with van der Waals surface area (Å²) in [4.78, 5) is 14.5. The first-order valence-electron chi connectivity index (χ1n) is 7.05. The topological polar surface area (TPSA) is 67.6 Å². The number of hydrogen-bond donors (Lipinski definition) is 2. The maximum atomic E-state index is 12.3. The minimum atomic E-state index is -0.164. The predicted octanol–water partition coefficient (Wildman–Crippen LogP) is 1.19. The van der Waals surface area contributed by atoms with Crippen LogP contribution in [0, 0.1) is 0 Å². The lowest BCUT2D eigenvalue weighted by Gasteiger charge is -2.36. The zero-order chi connectivity index (χ0) is 14.5. The number of hydrogen-bond acceptors (Lipinski definition) is 4. The highest BCUT2D eigenvalue weighted by molar-refractivity contribution is 5.94. The van der Waals surface area contributed by atoms with Gasteiger partial charge in [0.25, 0.3) is 0 Å². The van der Waals surface area contributed by atoms with E-state index in [2.05, 4.69) is 17.1 Å². The third-order valence-corrected chi connectivity index (χ3v) is 3.75. The summed E-state index contributed by atoms with van der Waals surface area (Å²) in [5.74, 6) is 0.0132. The van der Waals surface area contributed by atoms with Gasteiger partial charge in [-0.15, -0.1) is 0 Å². The Morgan fingerprint density at radius 1 is 1.50 bits per heavy atom. The summed E-state index contributed by atoms with van der Waals surface area (Å²) >= 11 is 0.